The highest BCUT2D eigenvalue weighted by Crippen LogP contribution is 2.45. The molecule has 10 bridgehead atoms. The summed E-state index contributed by atoms with van der Waals surface area (Å²) < 4.78 is 0. The summed E-state index contributed by atoms with van der Waals surface area (Å²) in [5, 5.41) is 0. The lowest BCUT2D eigenvalue weighted by Gasteiger charge is -2.38. The highest BCUT2D eigenvalue weighted by Gasteiger charge is 2.45. The van der Waals surface area contributed by atoms with Crippen LogP contribution >= 0.6 is 0 Å². The van der Waals surface area contributed by atoms with E-state index in [0.717, 1.165) is 101 Å². The van der Waals surface area contributed by atoms with Gasteiger partial charge in [-0.1, -0.05) is 279 Å². The molecule has 17 rings (SSSR count). The SMILES string of the molecule is CC(C)[Si](C#Cc1cc2c(C#C[Si](C(C)C)(C(C)C)C(C)C)cc1C#CC#Cc1cc(C#C[Si](C(C)C)(C(C)C)C(C)C)c(cc1C#C[Si](C(C)C)(C(C)C)C(C)C)C#Cc1ccccc1C#Cc1ccc(nc1)-c1cccc(n1)-c1ccc(cn1)C#Cc1ccccc1C#C2)(C(C)C)C(C)C. The minimum atomic E-state index is -2.26. The molecule has 0 aliphatic carbocycles. The first kappa shape index (κ1) is 78.5. The largest absolute Gasteiger partial charge is 0.253 e. The van der Waals surface area contributed by atoms with Gasteiger partial charge in [0.25, 0.3) is 0 Å². The van der Waals surface area contributed by atoms with Crippen molar-refractivity contribution in [3.05, 3.63) is 206 Å². The molecule has 0 spiro atoms. The van der Waals surface area contributed by atoms with Crippen LogP contribution in [0.5, 0.6) is 0 Å². The zero-order chi connectivity index (χ0) is 74.4. The zero-order valence-corrected chi connectivity index (χ0v) is 69.4. The fourth-order valence-electron chi connectivity index (χ4n) is 16.6. The summed E-state index contributed by atoms with van der Waals surface area (Å²) >= 11 is 0. The standard InChI is InChI=1S/C95H105N3Si4/c1-66(2)99(67(3)4,68(5)6)56-52-88-62-86-48-46-82-34-27-25-32-80(82)44-40-78-42-50-92(96-64-78)94-38-31-39-95(98-94)93-51-43-79(65-97-93)41-45-81-33-26-28-35-83(81)47-49-87-63-89(53-57-100(69(7)8,70(9)10)71(11)12)85(61-91(87)55-59-102(75(19)20,76(21)22)77(23)24)37-30-29-36-84(88)60-90(86)54-58-101(72(13)14,73(15)16)74(17)18/h25-28,31-35,38-39,42-43,50-51,60-77H,1-24H3. The first-order valence-corrected chi connectivity index (χ1v) is 46.0. The maximum Gasteiger partial charge on any atom is 0.146 e. The van der Waals surface area contributed by atoms with E-state index in [-0.39, 0.29) is 0 Å². The van der Waals surface area contributed by atoms with Gasteiger partial charge in [0.1, 0.15) is 32.3 Å². The summed E-state index contributed by atoms with van der Waals surface area (Å²) in [6, 6.07) is 38.6. The van der Waals surface area contributed by atoms with E-state index >= 15 is 0 Å². The predicted octanol–water partition coefficient (Wildman–Crippen LogP) is 22.8. The van der Waals surface area contributed by atoms with Crippen molar-refractivity contribution < 1.29 is 0 Å². The molecule has 3 nitrogen and oxygen atoms in total. The van der Waals surface area contributed by atoms with Gasteiger partial charge in [-0.15, -0.1) is 22.2 Å². The molecule has 10 aliphatic heterocycles. The molecule has 0 unspecified atom stereocenters. The number of rotatable bonds is 12. The number of benzene rings is 4. The molecule has 102 heavy (non-hydrogen) atoms. The lowest BCUT2D eigenvalue weighted by atomic mass is 9.98. The second-order valence-electron chi connectivity index (χ2n) is 31.3. The Balaban J connectivity index is 1.51. The Morgan fingerprint density at radius 2 is 0.480 bits per heavy atom. The van der Waals surface area contributed by atoms with Gasteiger partial charge in [-0.3, -0.25) is 9.97 Å². The molecular weight excluding hydrogens is 1300 g/mol. The van der Waals surface area contributed by atoms with E-state index in [2.05, 4.69) is 307 Å². The Morgan fingerprint density at radius 1 is 0.245 bits per heavy atom. The molecule has 7 aromatic rings. The van der Waals surface area contributed by atoms with Crippen LogP contribution in [-0.2, 0) is 0 Å². The van der Waals surface area contributed by atoms with Crippen molar-refractivity contribution in [1.29, 1.82) is 0 Å². The maximum atomic E-state index is 5.03. The van der Waals surface area contributed by atoms with E-state index in [4.69, 9.17) is 15.0 Å². The number of aromatic nitrogens is 3. The summed E-state index contributed by atoms with van der Waals surface area (Å²) in [4.78, 5) is 14.7. The molecule has 4 aromatic carbocycles. The van der Waals surface area contributed by atoms with Gasteiger partial charge in [0.15, 0.2) is 0 Å². The van der Waals surface area contributed by atoms with Crippen molar-refractivity contribution in [3.63, 3.8) is 0 Å². The van der Waals surface area contributed by atoms with Crippen LogP contribution in [0.25, 0.3) is 22.8 Å². The van der Waals surface area contributed by atoms with Crippen LogP contribution in [0.2, 0.25) is 66.5 Å². The Kier molecular flexibility index (Phi) is 26.3. The molecule has 0 amide bonds. The first-order valence-electron chi connectivity index (χ1n) is 37.1. The van der Waals surface area contributed by atoms with Gasteiger partial charge in [-0.25, -0.2) is 4.98 Å². The van der Waals surface area contributed by atoms with Crippen LogP contribution in [-0.4, -0.2) is 47.2 Å². The monoisotopic (exact) mass is 1400 g/mol. The molecular formula is C95H105N3Si4. The van der Waals surface area contributed by atoms with Crippen LogP contribution in [0.1, 0.15) is 244 Å². The van der Waals surface area contributed by atoms with Crippen molar-refractivity contribution in [2.24, 2.45) is 0 Å². The molecule has 516 valence electrons. The first-order chi connectivity index (χ1) is 48.4. The normalized spacial score (nSPS) is 12.1. The number of nitrogens with zero attached hydrogens (tertiary/aromatic N) is 3. The third-order valence-corrected chi connectivity index (χ3v) is 47.1. The molecule has 0 saturated carbocycles. The Hall–Kier alpha value is -9.20. The Labute approximate surface area is 620 Å². The average Bonchev–Trinajstić information content (AvgIpc) is 0.795. The van der Waals surface area contributed by atoms with E-state index in [1.165, 1.54) is 0 Å². The lowest BCUT2D eigenvalue weighted by molar-refractivity contribution is 0.838. The molecule has 0 fully saturated rings. The molecule has 0 N–H and O–H groups in total. The third-order valence-electron chi connectivity index (χ3n) is 21.9. The van der Waals surface area contributed by atoms with E-state index < -0.39 is 32.3 Å². The van der Waals surface area contributed by atoms with Crippen molar-refractivity contribution in [2.45, 2.75) is 233 Å². The average molecular weight is 1400 g/mol. The smallest absolute Gasteiger partial charge is 0.146 e. The summed E-state index contributed by atoms with van der Waals surface area (Å²) in [6.07, 6.45) is 3.60. The van der Waals surface area contributed by atoms with Gasteiger partial charge < -0.3 is 0 Å². The number of pyridine rings is 3. The summed E-state index contributed by atoms with van der Waals surface area (Å²) in [7, 11) is -9.02. The minimum Gasteiger partial charge on any atom is -0.253 e. The zero-order valence-electron chi connectivity index (χ0n) is 65.4. The minimum absolute atomic E-state index is 0.413. The van der Waals surface area contributed by atoms with Gasteiger partial charge in [-0.2, -0.15) is 0 Å². The van der Waals surface area contributed by atoms with Crippen molar-refractivity contribution in [2.75, 3.05) is 0 Å². The topological polar surface area (TPSA) is 38.7 Å². The number of hydrogen-bond donors (Lipinski definition) is 0. The van der Waals surface area contributed by atoms with E-state index in [0.29, 0.717) is 66.5 Å². The van der Waals surface area contributed by atoms with Gasteiger partial charge in [-0.05, 0) is 163 Å². The second-order valence-corrected chi connectivity index (χ2v) is 53.7. The van der Waals surface area contributed by atoms with Gasteiger partial charge in [0.2, 0.25) is 0 Å². The maximum absolute atomic E-state index is 5.03. The quantitative estimate of drug-likeness (QED) is 0.0904. The van der Waals surface area contributed by atoms with Gasteiger partial charge in [0, 0.05) is 90.3 Å². The Bertz CT molecular complexity index is 4530. The highest BCUT2D eigenvalue weighted by molar-refractivity contribution is 6.92. The van der Waals surface area contributed by atoms with Crippen LogP contribution in [0.4, 0.5) is 0 Å². The predicted molar refractivity (Wildman–Crippen MR) is 446 cm³/mol. The summed E-state index contributed by atoms with van der Waals surface area (Å²) in [5.41, 5.74) is 35.3. The molecule has 3 aromatic heterocycles. The molecule has 0 saturated heterocycles. The van der Waals surface area contributed by atoms with Crippen molar-refractivity contribution in [1.82, 2.24) is 15.0 Å². The van der Waals surface area contributed by atoms with Gasteiger partial charge >= 0.3 is 0 Å². The molecule has 7 heteroatoms. The summed E-state index contributed by atoms with van der Waals surface area (Å²) in [5.74, 6) is 57.8. The van der Waals surface area contributed by atoms with Crippen molar-refractivity contribution >= 4 is 32.3 Å². The second kappa shape index (κ2) is 34.2. The Morgan fingerprint density at radius 3 is 0.716 bits per heavy atom. The van der Waals surface area contributed by atoms with Gasteiger partial charge in [0.05, 0.1) is 22.8 Å². The van der Waals surface area contributed by atoms with Crippen LogP contribution < -0.4 is 0 Å². The lowest BCUT2D eigenvalue weighted by Crippen LogP contribution is -2.43. The van der Waals surface area contributed by atoms with E-state index in [1.807, 2.05) is 91.0 Å². The molecule has 0 radical (unpaired) electrons. The van der Waals surface area contributed by atoms with E-state index in [1.54, 1.807) is 12.4 Å². The van der Waals surface area contributed by atoms with Crippen molar-refractivity contribution in [3.8, 4) is 140 Å². The van der Waals surface area contributed by atoms with Crippen LogP contribution in [0.3, 0.4) is 0 Å². The van der Waals surface area contributed by atoms with Crippen LogP contribution in [0, 0.1) is 117 Å². The molecule has 13 heterocycles. The third kappa shape index (κ3) is 17.3. The fraction of sp³-hybridized carbons (Fsp3) is 0.379. The van der Waals surface area contributed by atoms with E-state index in [9.17, 15) is 0 Å². The van der Waals surface area contributed by atoms with Crippen LogP contribution in [0.15, 0.2) is 128 Å². The molecule has 10 aliphatic rings. The molecule has 0 atom stereocenters. The summed E-state index contributed by atoms with van der Waals surface area (Å²) in [6.45, 7) is 56.7. The highest BCUT2D eigenvalue weighted by atomic mass is 28.3. The number of hydrogen-bond acceptors (Lipinski definition) is 3. The fourth-order valence-corrected chi connectivity index (χ4v) is 37.4.